The zero-order chi connectivity index (χ0) is 10.4. The SMILES string of the molecule is F[B-](F)(F)C1(c2ccc(Cl)cc2)CC1.[K+]. The first-order valence-corrected chi connectivity index (χ1v) is 4.79. The van der Waals surface area contributed by atoms with E-state index in [2.05, 4.69) is 0 Å². The van der Waals surface area contributed by atoms with Gasteiger partial charge in [0, 0.05) is 5.02 Å². The summed E-state index contributed by atoms with van der Waals surface area (Å²) in [5, 5.41) is -1.05. The summed E-state index contributed by atoms with van der Waals surface area (Å²) in [6.07, 6.45) is 0.441. The summed E-state index contributed by atoms with van der Waals surface area (Å²) in [7, 11) is 0. The summed E-state index contributed by atoms with van der Waals surface area (Å²) in [6, 6.07) is 5.98. The Balaban J connectivity index is 0.00000112. The topological polar surface area (TPSA) is 0 Å². The van der Waals surface area contributed by atoms with Crippen molar-refractivity contribution in [3.8, 4) is 0 Å². The van der Waals surface area contributed by atoms with Crippen LogP contribution in [-0.4, -0.2) is 6.98 Å². The predicted molar refractivity (Wildman–Crippen MR) is 51.4 cm³/mol. The minimum absolute atomic E-state index is 0. The third-order valence-electron chi connectivity index (χ3n) is 2.83. The number of benzene rings is 1. The average molecular weight is 259 g/mol. The molecule has 0 heterocycles. The molecule has 1 aliphatic carbocycles. The Bertz CT molecular complexity index is 345. The first-order valence-electron chi connectivity index (χ1n) is 4.41. The molecule has 1 aromatic rings. The fourth-order valence-corrected chi connectivity index (χ4v) is 1.85. The molecule has 0 aromatic heterocycles. The molecule has 76 valence electrons. The molecule has 0 radical (unpaired) electrons. The van der Waals surface area contributed by atoms with E-state index >= 15 is 0 Å². The molecule has 0 bridgehead atoms. The molecule has 0 saturated heterocycles. The van der Waals surface area contributed by atoms with Crippen molar-refractivity contribution >= 4 is 18.6 Å². The Morgan fingerprint density at radius 2 is 1.53 bits per heavy atom. The minimum Gasteiger partial charge on any atom is -0.448 e. The van der Waals surface area contributed by atoms with Crippen molar-refractivity contribution in [2.24, 2.45) is 0 Å². The summed E-state index contributed by atoms with van der Waals surface area (Å²) in [4.78, 5) is 0. The van der Waals surface area contributed by atoms with Gasteiger partial charge in [-0.2, -0.15) is 0 Å². The maximum absolute atomic E-state index is 12.7. The zero-order valence-electron chi connectivity index (χ0n) is 8.31. The summed E-state index contributed by atoms with van der Waals surface area (Å²) < 4.78 is 38.1. The second-order valence-corrected chi connectivity index (χ2v) is 4.17. The van der Waals surface area contributed by atoms with Crippen LogP contribution in [0.4, 0.5) is 12.9 Å². The van der Waals surface area contributed by atoms with Gasteiger partial charge in [-0.15, -0.1) is 0 Å². The predicted octanol–water partition coefficient (Wildman–Crippen LogP) is 0.762. The summed E-state index contributed by atoms with van der Waals surface area (Å²) in [5.41, 5.74) is 0.356. The van der Waals surface area contributed by atoms with Gasteiger partial charge in [-0.1, -0.05) is 42.1 Å². The largest absolute Gasteiger partial charge is 1.00 e. The van der Waals surface area contributed by atoms with E-state index in [1.165, 1.54) is 24.3 Å². The van der Waals surface area contributed by atoms with Crippen molar-refractivity contribution in [2.75, 3.05) is 0 Å². The van der Waals surface area contributed by atoms with E-state index in [-0.39, 0.29) is 64.2 Å². The molecular weight excluding hydrogens is 250 g/mol. The van der Waals surface area contributed by atoms with Crippen LogP contribution in [0.2, 0.25) is 5.02 Å². The fraction of sp³-hybridized carbons (Fsp3) is 0.333. The van der Waals surface area contributed by atoms with E-state index in [4.69, 9.17) is 11.6 Å². The van der Waals surface area contributed by atoms with E-state index in [1.807, 2.05) is 0 Å². The standard InChI is InChI=1S/C9H8BClF3.K/c11-8-3-1-7(2-4-8)9(5-6-9)10(12,13)14;/h1-4H,5-6H2;/q-1;+1. The Hall–Kier alpha value is 1.00. The quantitative estimate of drug-likeness (QED) is 0.687. The van der Waals surface area contributed by atoms with Gasteiger partial charge in [0.25, 0.3) is 0 Å². The monoisotopic (exact) mass is 258 g/mol. The number of hydrogen-bond acceptors (Lipinski definition) is 0. The maximum Gasteiger partial charge on any atom is 1.00 e. The zero-order valence-corrected chi connectivity index (χ0v) is 12.2. The van der Waals surface area contributed by atoms with Gasteiger partial charge in [-0.3, -0.25) is 0 Å². The number of rotatable bonds is 2. The molecular formula is C9H8BClF3K. The van der Waals surface area contributed by atoms with E-state index in [0.29, 0.717) is 10.6 Å². The van der Waals surface area contributed by atoms with Gasteiger partial charge in [-0.25, -0.2) is 0 Å². The number of hydrogen-bond donors (Lipinski definition) is 0. The van der Waals surface area contributed by atoms with Crippen molar-refractivity contribution in [1.29, 1.82) is 0 Å². The number of halogens is 4. The molecule has 2 rings (SSSR count). The van der Waals surface area contributed by atoms with E-state index in [1.54, 1.807) is 0 Å². The smallest absolute Gasteiger partial charge is 0.448 e. The van der Waals surface area contributed by atoms with Crippen LogP contribution in [0.15, 0.2) is 24.3 Å². The Morgan fingerprint density at radius 3 is 1.87 bits per heavy atom. The molecule has 1 fully saturated rings. The molecule has 1 saturated carbocycles. The van der Waals surface area contributed by atoms with Crippen LogP contribution >= 0.6 is 11.6 Å². The van der Waals surface area contributed by atoms with Gasteiger partial charge < -0.3 is 12.9 Å². The van der Waals surface area contributed by atoms with Gasteiger partial charge >= 0.3 is 58.4 Å². The molecule has 15 heavy (non-hydrogen) atoms. The van der Waals surface area contributed by atoms with E-state index in [0.717, 1.165) is 0 Å². The van der Waals surface area contributed by atoms with Crippen LogP contribution in [0.5, 0.6) is 0 Å². The Kier molecular flexibility index (Phi) is 4.41. The van der Waals surface area contributed by atoms with Crippen LogP contribution in [-0.2, 0) is 5.31 Å². The Morgan fingerprint density at radius 1 is 1.07 bits per heavy atom. The van der Waals surface area contributed by atoms with Gasteiger partial charge in [0.2, 0.25) is 0 Å². The molecule has 0 N–H and O–H groups in total. The summed E-state index contributed by atoms with van der Waals surface area (Å²) in [5.74, 6) is 0. The second-order valence-electron chi connectivity index (χ2n) is 3.74. The molecule has 0 amide bonds. The normalized spacial score (nSPS) is 18.1. The molecule has 0 spiro atoms. The first-order chi connectivity index (χ1) is 6.46. The van der Waals surface area contributed by atoms with Crippen molar-refractivity contribution < 1.29 is 64.3 Å². The van der Waals surface area contributed by atoms with Crippen molar-refractivity contribution in [3.63, 3.8) is 0 Å². The van der Waals surface area contributed by atoms with Gasteiger partial charge in [-0.05, 0) is 17.4 Å². The molecule has 1 aromatic carbocycles. The first kappa shape index (κ1) is 14.1. The molecule has 0 atom stereocenters. The summed E-state index contributed by atoms with van der Waals surface area (Å²) >= 11 is 5.62. The second kappa shape index (κ2) is 4.70. The van der Waals surface area contributed by atoms with Crippen LogP contribution in [0, 0.1) is 0 Å². The van der Waals surface area contributed by atoms with Crippen LogP contribution in [0.25, 0.3) is 0 Å². The third kappa shape index (κ3) is 2.64. The molecule has 0 nitrogen and oxygen atoms in total. The van der Waals surface area contributed by atoms with Crippen molar-refractivity contribution in [3.05, 3.63) is 34.9 Å². The van der Waals surface area contributed by atoms with Crippen LogP contribution in [0.3, 0.4) is 0 Å². The minimum atomic E-state index is -4.78. The van der Waals surface area contributed by atoms with Crippen LogP contribution in [0.1, 0.15) is 18.4 Å². The molecule has 1 aliphatic rings. The van der Waals surface area contributed by atoms with Crippen LogP contribution < -0.4 is 51.4 Å². The Labute approximate surface area is 134 Å². The molecule has 0 aliphatic heterocycles. The maximum atomic E-state index is 12.7. The average Bonchev–Trinajstić information content (AvgIpc) is 2.84. The van der Waals surface area contributed by atoms with Gasteiger partial charge in [0.05, 0.1) is 0 Å². The third-order valence-corrected chi connectivity index (χ3v) is 3.09. The van der Waals surface area contributed by atoms with E-state index < -0.39 is 12.3 Å². The summed E-state index contributed by atoms with van der Waals surface area (Å²) in [6.45, 7) is -4.78. The van der Waals surface area contributed by atoms with E-state index in [9.17, 15) is 12.9 Å². The molecule has 6 heteroatoms. The van der Waals surface area contributed by atoms with Gasteiger partial charge in [0.15, 0.2) is 0 Å². The van der Waals surface area contributed by atoms with Crippen molar-refractivity contribution in [1.82, 2.24) is 0 Å². The van der Waals surface area contributed by atoms with Gasteiger partial charge in [0.1, 0.15) is 0 Å². The molecule has 0 unspecified atom stereocenters. The fourth-order valence-electron chi connectivity index (χ4n) is 1.72. The van der Waals surface area contributed by atoms with Crippen molar-refractivity contribution in [2.45, 2.75) is 18.2 Å².